The molecule has 0 saturated carbocycles. The van der Waals surface area contributed by atoms with E-state index in [-0.39, 0.29) is 66.1 Å². The Morgan fingerprint density at radius 2 is 1.60 bits per heavy atom. The number of carboxylic acid groups (broad SMARTS) is 1. The number of urea groups is 2. The molecule has 2 aromatic carbocycles. The molecule has 2 unspecified atom stereocenters. The third-order valence-corrected chi connectivity index (χ3v) is 8.51. The van der Waals surface area contributed by atoms with Gasteiger partial charge in [-0.3, -0.25) is 29.0 Å². The molecule has 0 aromatic heterocycles. The number of nitrogens with one attached hydrogen (secondary N) is 2. The maximum absolute atomic E-state index is 13.5. The molecule has 0 aliphatic carbocycles. The molecule has 3 atom stereocenters. The van der Waals surface area contributed by atoms with Gasteiger partial charge in [-0.15, -0.1) is 11.8 Å². The van der Waals surface area contributed by atoms with E-state index in [2.05, 4.69) is 10.6 Å². The molecule has 16 heteroatoms. The number of esters is 1. The number of imide groups is 2. The fourth-order valence-corrected chi connectivity index (χ4v) is 6.33. The van der Waals surface area contributed by atoms with Crippen LogP contribution in [0.1, 0.15) is 28.9 Å². The molecule has 45 heavy (non-hydrogen) atoms. The van der Waals surface area contributed by atoms with Gasteiger partial charge in [0.25, 0.3) is 11.8 Å². The Morgan fingerprint density at radius 3 is 2.22 bits per heavy atom. The van der Waals surface area contributed by atoms with E-state index < -0.39 is 64.9 Å². The van der Waals surface area contributed by atoms with Gasteiger partial charge < -0.3 is 25.3 Å². The number of thioether (sulfide) groups is 1. The van der Waals surface area contributed by atoms with E-state index in [4.69, 9.17) is 4.74 Å². The number of amides is 7. The van der Waals surface area contributed by atoms with Crippen molar-refractivity contribution in [1.29, 1.82) is 0 Å². The first-order valence-electron chi connectivity index (χ1n) is 13.4. The normalized spacial score (nSPS) is 19.5. The van der Waals surface area contributed by atoms with Gasteiger partial charge in [-0.05, 0) is 17.7 Å². The predicted octanol–water partition coefficient (Wildman–Crippen LogP) is -3.01. The van der Waals surface area contributed by atoms with Gasteiger partial charge in [-0.2, -0.15) is 0 Å². The molecule has 2 fully saturated rings. The van der Waals surface area contributed by atoms with Gasteiger partial charge in [0.2, 0.25) is 5.91 Å². The fourth-order valence-electron chi connectivity index (χ4n) is 5.01. The SMILES string of the molecule is CC(=O)OCC1=C(C(=O)[O-])N2C(=O)C(NC(=O)C(NC(=O)N3CCN(C(=O)c4ccccc4)C3=O)c3ccccc3)[C@@H]2SC1.[Na+]. The number of fused-ring (bicyclic) bond motifs is 1. The third-order valence-electron chi connectivity index (χ3n) is 7.17. The van der Waals surface area contributed by atoms with E-state index in [1.165, 1.54) is 6.92 Å². The fraction of sp³-hybridized carbons (Fsp3) is 0.276. The number of carbonyl (C=O) groups is 7. The second-order valence-electron chi connectivity index (χ2n) is 9.97. The van der Waals surface area contributed by atoms with Crippen molar-refractivity contribution in [3.63, 3.8) is 0 Å². The zero-order chi connectivity index (χ0) is 31.5. The Morgan fingerprint density at radius 1 is 0.978 bits per heavy atom. The Balaban J connectivity index is 0.00000461. The molecule has 5 rings (SSSR count). The number of ether oxygens (including phenoxy) is 1. The molecule has 7 amide bonds. The first kappa shape index (κ1) is 33.7. The summed E-state index contributed by atoms with van der Waals surface area (Å²) in [5.74, 6) is -4.22. The molecule has 2 N–H and O–H groups in total. The first-order valence-corrected chi connectivity index (χ1v) is 14.5. The smallest absolute Gasteiger partial charge is 0.543 e. The van der Waals surface area contributed by atoms with Crippen LogP contribution in [-0.4, -0.2) is 93.3 Å². The van der Waals surface area contributed by atoms with Crippen LogP contribution < -0.4 is 45.3 Å². The summed E-state index contributed by atoms with van der Waals surface area (Å²) in [6.07, 6.45) is 0. The van der Waals surface area contributed by atoms with Gasteiger partial charge in [0.05, 0.1) is 18.2 Å². The van der Waals surface area contributed by atoms with Crippen molar-refractivity contribution in [2.24, 2.45) is 0 Å². The number of nitrogens with zero attached hydrogens (tertiary/aromatic N) is 3. The summed E-state index contributed by atoms with van der Waals surface area (Å²) in [6.45, 7) is 0.696. The molecular weight excluding hydrogens is 617 g/mol. The Hall–Kier alpha value is -4.18. The van der Waals surface area contributed by atoms with Crippen LogP contribution in [0, 0.1) is 0 Å². The van der Waals surface area contributed by atoms with Gasteiger partial charge in [-0.1, -0.05) is 48.5 Å². The maximum atomic E-state index is 13.5. The zero-order valence-electron chi connectivity index (χ0n) is 24.3. The molecule has 2 aromatic rings. The van der Waals surface area contributed by atoms with Crippen LogP contribution >= 0.6 is 11.8 Å². The quantitative estimate of drug-likeness (QED) is 0.171. The zero-order valence-corrected chi connectivity index (χ0v) is 27.1. The van der Waals surface area contributed by atoms with Crippen molar-refractivity contribution in [3.05, 3.63) is 83.1 Å². The topological polar surface area (TPSA) is 186 Å². The van der Waals surface area contributed by atoms with Crippen molar-refractivity contribution < 1.29 is 73.0 Å². The minimum absolute atomic E-state index is 0. The number of aliphatic carboxylic acids is 1. The number of carboxylic acids is 1. The van der Waals surface area contributed by atoms with E-state index in [1.54, 1.807) is 60.7 Å². The maximum Gasteiger partial charge on any atom is 1.00 e. The van der Waals surface area contributed by atoms with Gasteiger partial charge >= 0.3 is 47.6 Å². The molecule has 0 spiro atoms. The summed E-state index contributed by atoms with van der Waals surface area (Å²) in [5, 5.41) is 16.2. The Kier molecular flexibility index (Phi) is 10.7. The van der Waals surface area contributed by atoms with Crippen LogP contribution in [0.4, 0.5) is 9.59 Å². The number of rotatable bonds is 8. The van der Waals surface area contributed by atoms with Crippen LogP contribution in [-0.2, 0) is 23.9 Å². The van der Waals surface area contributed by atoms with Crippen LogP contribution in [0.15, 0.2) is 71.9 Å². The summed E-state index contributed by atoms with van der Waals surface area (Å²) in [7, 11) is 0. The standard InChI is InChI=1S/C29H27N5O9S.Na/c1-16(35)43-14-19-15-44-26-21(25(38)34(26)22(19)27(39)40)30-23(36)20(17-8-4-2-5-9-17)31-28(41)33-13-12-32(29(33)42)24(37)18-10-6-3-7-11-18;/h2-11,20-21,26H,12-15H2,1H3,(H,30,36)(H,31,41)(H,39,40);/q;+1/p-1/t20?,21?,26-;/m0./s1. The van der Waals surface area contributed by atoms with Crippen molar-refractivity contribution in [2.75, 3.05) is 25.4 Å². The Labute approximate surface area is 283 Å². The van der Waals surface area contributed by atoms with Gasteiger partial charge in [0.15, 0.2) is 0 Å². The minimum Gasteiger partial charge on any atom is -0.543 e. The molecule has 3 aliphatic rings. The molecule has 228 valence electrons. The number of benzene rings is 2. The average molecular weight is 644 g/mol. The van der Waals surface area contributed by atoms with E-state index in [0.29, 0.717) is 5.56 Å². The van der Waals surface area contributed by atoms with E-state index in [9.17, 15) is 38.7 Å². The molecule has 3 aliphatic heterocycles. The first-order chi connectivity index (χ1) is 21.1. The summed E-state index contributed by atoms with van der Waals surface area (Å²) < 4.78 is 4.91. The molecule has 3 heterocycles. The number of hydrogen-bond acceptors (Lipinski definition) is 10. The van der Waals surface area contributed by atoms with Crippen LogP contribution in [0.2, 0.25) is 0 Å². The largest absolute Gasteiger partial charge is 1.00 e. The van der Waals surface area contributed by atoms with Crippen LogP contribution in [0.25, 0.3) is 0 Å². The molecule has 0 radical (unpaired) electrons. The number of hydrogen-bond donors (Lipinski definition) is 2. The van der Waals surface area contributed by atoms with Crippen molar-refractivity contribution in [1.82, 2.24) is 25.3 Å². The van der Waals surface area contributed by atoms with Crippen LogP contribution in [0.3, 0.4) is 0 Å². The molecule has 2 saturated heterocycles. The van der Waals surface area contributed by atoms with Gasteiger partial charge in [-0.25, -0.2) is 14.5 Å². The van der Waals surface area contributed by atoms with Gasteiger partial charge in [0, 0.05) is 30.4 Å². The van der Waals surface area contributed by atoms with E-state index >= 15 is 0 Å². The van der Waals surface area contributed by atoms with Crippen molar-refractivity contribution in [2.45, 2.75) is 24.4 Å². The number of β-lactam (4-membered cyclic amide) rings is 1. The number of carbonyl (C=O) groups excluding carboxylic acids is 7. The molecule has 0 bridgehead atoms. The molecular formula is C29H26N5NaO9S. The molecule has 14 nitrogen and oxygen atoms in total. The predicted molar refractivity (Wildman–Crippen MR) is 151 cm³/mol. The summed E-state index contributed by atoms with van der Waals surface area (Å²) in [5.41, 5.74) is 0.394. The van der Waals surface area contributed by atoms with E-state index in [1.807, 2.05) is 0 Å². The average Bonchev–Trinajstić information content (AvgIpc) is 3.42. The minimum atomic E-state index is -1.62. The van der Waals surface area contributed by atoms with Crippen LogP contribution in [0.5, 0.6) is 0 Å². The van der Waals surface area contributed by atoms with Gasteiger partial charge in [0.1, 0.15) is 24.1 Å². The summed E-state index contributed by atoms with van der Waals surface area (Å²) >= 11 is 1.16. The van der Waals surface area contributed by atoms with E-state index in [0.717, 1.165) is 26.5 Å². The Bertz CT molecular complexity index is 1570. The summed E-state index contributed by atoms with van der Waals surface area (Å²) in [6, 6.07) is 12.0. The monoisotopic (exact) mass is 643 g/mol. The second kappa shape index (κ2) is 14.3. The third kappa shape index (κ3) is 6.91. The van der Waals surface area contributed by atoms with Crippen molar-refractivity contribution in [3.8, 4) is 0 Å². The summed E-state index contributed by atoms with van der Waals surface area (Å²) in [4.78, 5) is 91.5. The second-order valence-corrected chi connectivity index (χ2v) is 11.1. The van der Waals surface area contributed by atoms with Crippen molar-refractivity contribution >= 4 is 53.5 Å².